The zero-order valence-corrected chi connectivity index (χ0v) is 10.3. The van der Waals surface area contributed by atoms with E-state index >= 15 is 0 Å². The maximum absolute atomic E-state index is 11.7. The lowest BCUT2D eigenvalue weighted by Crippen LogP contribution is -2.14. The van der Waals surface area contributed by atoms with Crippen molar-refractivity contribution in [3.63, 3.8) is 0 Å². The number of rotatable bonds is 3. The van der Waals surface area contributed by atoms with Crippen molar-refractivity contribution in [3.8, 4) is 11.6 Å². The van der Waals surface area contributed by atoms with E-state index in [1.165, 1.54) is 11.7 Å². The van der Waals surface area contributed by atoms with Crippen LogP contribution in [0.2, 0.25) is 5.02 Å². The highest BCUT2D eigenvalue weighted by molar-refractivity contribution is 6.30. The van der Waals surface area contributed by atoms with E-state index in [9.17, 15) is 4.79 Å². The van der Waals surface area contributed by atoms with Gasteiger partial charge >= 0.3 is 11.7 Å². The highest BCUT2D eigenvalue weighted by Gasteiger charge is 2.16. The third-order valence-corrected chi connectivity index (χ3v) is 2.73. The Kier molecular flexibility index (Phi) is 3.24. The summed E-state index contributed by atoms with van der Waals surface area (Å²) in [6.07, 6.45) is 0.636. The van der Waals surface area contributed by atoms with Crippen LogP contribution in [0.25, 0.3) is 5.69 Å². The van der Waals surface area contributed by atoms with Crippen LogP contribution < -0.4 is 10.5 Å². The minimum Gasteiger partial charge on any atom is -0.467 e. The molecule has 0 saturated carbocycles. The van der Waals surface area contributed by atoms with E-state index in [1.54, 1.807) is 24.3 Å². The monoisotopic (exact) mass is 253 g/mol. The number of nitrogens with zero attached hydrogens (tertiary/aromatic N) is 1. The molecule has 0 radical (unpaired) electrons. The largest absolute Gasteiger partial charge is 0.467 e. The Morgan fingerprint density at radius 3 is 2.53 bits per heavy atom. The Labute approximate surface area is 103 Å². The first-order chi connectivity index (χ1) is 8.17. The van der Waals surface area contributed by atoms with Gasteiger partial charge in [-0.25, -0.2) is 9.36 Å². The van der Waals surface area contributed by atoms with E-state index in [0.717, 1.165) is 0 Å². The Bertz CT molecular complexity index is 568. The fraction of sp³-hybridized carbons (Fsp3) is 0.250. The normalized spacial score (nSPS) is 10.5. The molecule has 0 unspecified atom stereocenters. The molecule has 0 bridgehead atoms. The molecule has 5 heteroatoms. The predicted molar refractivity (Wildman–Crippen MR) is 65.2 cm³/mol. The molecule has 0 spiro atoms. The number of aromatic nitrogens is 1. The van der Waals surface area contributed by atoms with E-state index in [4.69, 9.17) is 20.8 Å². The Hall–Kier alpha value is -1.68. The topological polar surface area (TPSA) is 44.4 Å². The molecule has 0 aliphatic heterocycles. The first-order valence-electron chi connectivity index (χ1n) is 5.22. The number of hydrogen-bond acceptors (Lipinski definition) is 3. The third-order valence-electron chi connectivity index (χ3n) is 2.47. The van der Waals surface area contributed by atoms with Gasteiger partial charge in [0, 0.05) is 5.02 Å². The second-order valence-electron chi connectivity index (χ2n) is 3.47. The van der Waals surface area contributed by atoms with Gasteiger partial charge in [0.05, 0.1) is 12.8 Å². The van der Waals surface area contributed by atoms with Crippen LogP contribution >= 0.6 is 11.6 Å². The first kappa shape index (κ1) is 11.8. The number of hydrogen-bond donors (Lipinski definition) is 0. The number of methoxy groups -OCH3 is 1. The van der Waals surface area contributed by atoms with Gasteiger partial charge in [0.15, 0.2) is 0 Å². The van der Waals surface area contributed by atoms with Crippen LogP contribution in [0.5, 0.6) is 5.95 Å². The second-order valence-corrected chi connectivity index (χ2v) is 3.91. The molecule has 0 saturated heterocycles. The van der Waals surface area contributed by atoms with Gasteiger partial charge in [0.25, 0.3) is 0 Å². The fourth-order valence-electron chi connectivity index (χ4n) is 1.70. The summed E-state index contributed by atoms with van der Waals surface area (Å²) >= 11 is 5.81. The fourth-order valence-corrected chi connectivity index (χ4v) is 1.82. The lowest BCUT2D eigenvalue weighted by molar-refractivity contribution is 0.291. The Morgan fingerprint density at radius 1 is 1.35 bits per heavy atom. The van der Waals surface area contributed by atoms with E-state index < -0.39 is 5.76 Å². The molecule has 1 aromatic heterocycles. The standard InChI is InChI=1S/C12H12ClNO3/c1-3-10-11(16-2)17-12(15)14(10)9-6-4-8(13)5-7-9/h4-7H,3H2,1-2H3. The molecule has 1 aromatic carbocycles. The van der Waals surface area contributed by atoms with Gasteiger partial charge in [0.1, 0.15) is 5.69 Å². The van der Waals surface area contributed by atoms with Gasteiger partial charge < -0.3 is 9.15 Å². The molecule has 0 atom stereocenters. The summed E-state index contributed by atoms with van der Waals surface area (Å²) in [6.45, 7) is 1.93. The summed E-state index contributed by atoms with van der Waals surface area (Å²) in [5.41, 5.74) is 1.42. The van der Waals surface area contributed by atoms with Crippen LogP contribution in [-0.2, 0) is 6.42 Å². The summed E-state index contributed by atoms with van der Waals surface area (Å²) < 4.78 is 11.5. The van der Waals surface area contributed by atoms with Gasteiger partial charge in [-0.2, -0.15) is 0 Å². The maximum Gasteiger partial charge on any atom is 0.426 e. The first-order valence-corrected chi connectivity index (χ1v) is 5.59. The van der Waals surface area contributed by atoms with Crippen LogP contribution in [0.1, 0.15) is 12.6 Å². The second kappa shape index (κ2) is 4.67. The molecular weight excluding hydrogens is 242 g/mol. The van der Waals surface area contributed by atoms with Gasteiger partial charge in [-0.3, -0.25) is 0 Å². The van der Waals surface area contributed by atoms with Crippen molar-refractivity contribution in [2.45, 2.75) is 13.3 Å². The predicted octanol–water partition coefficient (Wildman–Crippen LogP) is 2.65. The van der Waals surface area contributed by atoms with Crippen molar-refractivity contribution >= 4 is 11.6 Å². The van der Waals surface area contributed by atoms with Gasteiger partial charge in [-0.05, 0) is 30.7 Å². The average Bonchev–Trinajstić information content (AvgIpc) is 2.66. The van der Waals surface area contributed by atoms with E-state index in [0.29, 0.717) is 22.8 Å². The molecule has 17 heavy (non-hydrogen) atoms. The quantitative estimate of drug-likeness (QED) is 0.845. The zero-order chi connectivity index (χ0) is 12.4. The molecule has 2 rings (SSSR count). The van der Waals surface area contributed by atoms with E-state index in [1.807, 2.05) is 6.92 Å². The molecule has 0 amide bonds. The molecule has 1 heterocycles. The molecule has 4 nitrogen and oxygen atoms in total. The SMILES string of the molecule is CCc1c(OC)oc(=O)n1-c1ccc(Cl)cc1. The molecule has 0 aliphatic carbocycles. The van der Waals surface area contributed by atoms with Crippen molar-refractivity contribution in [3.05, 3.63) is 45.5 Å². The summed E-state index contributed by atoms with van der Waals surface area (Å²) in [5.74, 6) is -0.200. The highest BCUT2D eigenvalue weighted by Crippen LogP contribution is 2.21. The van der Waals surface area contributed by atoms with Crippen LogP contribution in [0.4, 0.5) is 0 Å². The molecule has 0 aliphatic rings. The molecule has 2 aromatic rings. The molecule has 0 fully saturated rings. The summed E-state index contributed by atoms with van der Waals surface area (Å²) in [7, 11) is 1.48. The van der Waals surface area contributed by atoms with Crippen molar-refractivity contribution in [2.75, 3.05) is 7.11 Å². The minimum absolute atomic E-state index is 0.257. The van der Waals surface area contributed by atoms with Crippen molar-refractivity contribution in [2.24, 2.45) is 0 Å². The summed E-state index contributed by atoms with van der Waals surface area (Å²) in [4.78, 5) is 11.7. The molecule has 90 valence electrons. The zero-order valence-electron chi connectivity index (χ0n) is 9.57. The maximum atomic E-state index is 11.7. The van der Waals surface area contributed by atoms with E-state index in [-0.39, 0.29) is 5.95 Å². The number of halogens is 1. The van der Waals surface area contributed by atoms with Crippen molar-refractivity contribution in [1.82, 2.24) is 4.57 Å². The molecular formula is C12H12ClNO3. The summed E-state index contributed by atoms with van der Waals surface area (Å²) in [5, 5.41) is 0.621. The average molecular weight is 254 g/mol. The number of ether oxygens (including phenoxy) is 1. The summed E-state index contributed by atoms with van der Waals surface area (Å²) in [6, 6.07) is 6.97. The van der Waals surface area contributed by atoms with Crippen LogP contribution in [0.3, 0.4) is 0 Å². The van der Waals surface area contributed by atoms with Gasteiger partial charge in [-0.15, -0.1) is 0 Å². The lowest BCUT2D eigenvalue weighted by atomic mass is 10.3. The Morgan fingerprint density at radius 2 is 2.00 bits per heavy atom. The van der Waals surface area contributed by atoms with Crippen LogP contribution in [0.15, 0.2) is 33.5 Å². The highest BCUT2D eigenvalue weighted by atomic mass is 35.5. The minimum atomic E-state index is -0.457. The third kappa shape index (κ3) is 2.08. The van der Waals surface area contributed by atoms with Crippen molar-refractivity contribution in [1.29, 1.82) is 0 Å². The number of benzene rings is 1. The van der Waals surface area contributed by atoms with E-state index in [2.05, 4.69) is 0 Å². The smallest absolute Gasteiger partial charge is 0.426 e. The van der Waals surface area contributed by atoms with Gasteiger partial charge in [-0.1, -0.05) is 18.5 Å². The number of oxazole rings is 1. The Balaban J connectivity index is 2.62. The van der Waals surface area contributed by atoms with Crippen LogP contribution in [-0.4, -0.2) is 11.7 Å². The van der Waals surface area contributed by atoms with Crippen molar-refractivity contribution < 1.29 is 9.15 Å². The molecule has 0 N–H and O–H groups in total. The van der Waals surface area contributed by atoms with Crippen LogP contribution in [0, 0.1) is 0 Å². The lowest BCUT2D eigenvalue weighted by Gasteiger charge is -2.04. The van der Waals surface area contributed by atoms with Gasteiger partial charge in [0.2, 0.25) is 0 Å².